The van der Waals surface area contributed by atoms with Gasteiger partial charge in [-0.2, -0.15) is 0 Å². The molecule has 1 aliphatic rings. The van der Waals surface area contributed by atoms with Gasteiger partial charge < -0.3 is 10.1 Å². The highest BCUT2D eigenvalue weighted by Gasteiger charge is 2.38. The monoisotopic (exact) mass is 197 g/mol. The predicted octanol–water partition coefficient (Wildman–Crippen LogP) is 1.84. The first-order valence-corrected chi connectivity index (χ1v) is 5.01. The fourth-order valence-electron chi connectivity index (χ4n) is 1.19. The van der Waals surface area contributed by atoms with E-state index in [1.54, 1.807) is 7.05 Å². The number of hydrogen-bond acceptors (Lipinski definition) is 3. The van der Waals surface area contributed by atoms with Crippen LogP contribution in [0.3, 0.4) is 0 Å². The number of rotatable bonds is 5. The summed E-state index contributed by atoms with van der Waals surface area (Å²) in [5.41, 5.74) is 1.12. The van der Waals surface area contributed by atoms with Crippen molar-refractivity contribution < 1.29 is 9.53 Å². The summed E-state index contributed by atoms with van der Waals surface area (Å²) in [6.45, 7) is 6.22. The highest BCUT2D eigenvalue weighted by Crippen LogP contribution is 2.45. The minimum atomic E-state index is -0.0129. The average molecular weight is 197 g/mol. The molecule has 14 heavy (non-hydrogen) atoms. The van der Waals surface area contributed by atoms with E-state index in [9.17, 15) is 4.79 Å². The molecule has 0 aromatic carbocycles. The quantitative estimate of drug-likeness (QED) is 0.540. The molecule has 0 heterocycles. The Hall–Kier alpha value is -0.990. The maximum absolute atomic E-state index is 11.3. The van der Waals surface area contributed by atoms with Crippen LogP contribution in [0.25, 0.3) is 0 Å². The number of ketones is 1. The number of ether oxygens (including phenoxy) is 1. The lowest BCUT2D eigenvalue weighted by Crippen LogP contribution is -2.16. The maximum atomic E-state index is 11.3. The molecule has 0 aliphatic heterocycles. The Balaban J connectivity index is 2.56. The zero-order valence-electron chi connectivity index (χ0n) is 9.44. The Morgan fingerprint density at radius 2 is 2.00 bits per heavy atom. The second kappa shape index (κ2) is 4.03. The fraction of sp³-hybridized carbons (Fsp3) is 0.727. The molecule has 0 spiro atoms. The second-order valence-electron chi connectivity index (χ2n) is 4.36. The first kappa shape index (κ1) is 11.1. The number of nitrogens with one attached hydrogen (secondary N) is 1. The van der Waals surface area contributed by atoms with Gasteiger partial charge in [0.1, 0.15) is 0 Å². The van der Waals surface area contributed by atoms with E-state index in [4.69, 9.17) is 4.74 Å². The molecule has 80 valence electrons. The molecule has 1 aliphatic carbocycles. The largest absolute Gasteiger partial charge is 0.488 e. The molecule has 0 aromatic rings. The van der Waals surface area contributed by atoms with Crippen molar-refractivity contribution in [2.75, 3.05) is 13.7 Å². The Labute approximate surface area is 85.5 Å². The number of Topliss-reactive ketones (excluding diaryl/α,β-unsaturated/α-hetero) is 1. The van der Waals surface area contributed by atoms with Gasteiger partial charge in [-0.05, 0) is 19.8 Å². The van der Waals surface area contributed by atoms with Gasteiger partial charge >= 0.3 is 0 Å². The van der Waals surface area contributed by atoms with E-state index >= 15 is 0 Å². The summed E-state index contributed by atoms with van der Waals surface area (Å²) < 4.78 is 5.55. The van der Waals surface area contributed by atoms with Crippen LogP contribution in [0, 0.1) is 5.41 Å². The first-order chi connectivity index (χ1) is 6.48. The standard InChI is InChI=1S/C11H19NO2/c1-8(12-4)10(9(2)13)14-7-11(3)5-6-11/h12H,5-7H2,1-4H3/b10-8-. The van der Waals surface area contributed by atoms with Crippen molar-refractivity contribution in [3.8, 4) is 0 Å². The molecule has 0 aromatic heterocycles. The van der Waals surface area contributed by atoms with Gasteiger partial charge in [0, 0.05) is 19.4 Å². The summed E-state index contributed by atoms with van der Waals surface area (Å²) in [6.07, 6.45) is 2.41. The number of carbonyl (C=O) groups excluding carboxylic acids is 1. The van der Waals surface area contributed by atoms with E-state index in [0.717, 1.165) is 5.70 Å². The van der Waals surface area contributed by atoms with E-state index in [-0.39, 0.29) is 5.78 Å². The summed E-state index contributed by atoms with van der Waals surface area (Å²) in [6, 6.07) is 0. The molecule has 0 atom stereocenters. The average Bonchev–Trinajstić information content (AvgIpc) is 2.83. The highest BCUT2D eigenvalue weighted by atomic mass is 16.5. The van der Waals surface area contributed by atoms with E-state index < -0.39 is 0 Å². The molecule has 3 nitrogen and oxygen atoms in total. The van der Waals surface area contributed by atoms with E-state index in [1.165, 1.54) is 19.8 Å². The van der Waals surface area contributed by atoms with Crippen LogP contribution in [0.4, 0.5) is 0 Å². The third-order valence-corrected chi connectivity index (χ3v) is 2.70. The molecule has 1 fully saturated rings. The topological polar surface area (TPSA) is 38.3 Å². The van der Waals surface area contributed by atoms with Crippen LogP contribution in [-0.2, 0) is 9.53 Å². The molecular weight excluding hydrogens is 178 g/mol. The molecule has 0 radical (unpaired) electrons. The summed E-state index contributed by atoms with van der Waals surface area (Å²) in [5.74, 6) is 0.460. The van der Waals surface area contributed by atoms with Crippen molar-refractivity contribution in [3.63, 3.8) is 0 Å². The molecular formula is C11H19NO2. The van der Waals surface area contributed by atoms with Crippen LogP contribution in [-0.4, -0.2) is 19.4 Å². The van der Waals surface area contributed by atoms with Crippen molar-refractivity contribution in [1.82, 2.24) is 5.32 Å². The molecule has 0 amide bonds. The lowest BCUT2D eigenvalue weighted by atomic mass is 10.2. The van der Waals surface area contributed by atoms with Crippen LogP contribution >= 0.6 is 0 Å². The number of allylic oxidation sites excluding steroid dienone is 2. The van der Waals surface area contributed by atoms with Crippen molar-refractivity contribution >= 4 is 5.78 Å². The van der Waals surface area contributed by atoms with Crippen molar-refractivity contribution in [1.29, 1.82) is 0 Å². The van der Waals surface area contributed by atoms with Gasteiger partial charge in [-0.1, -0.05) is 6.92 Å². The van der Waals surface area contributed by atoms with E-state index in [2.05, 4.69) is 12.2 Å². The van der Waals surface area contributed by atoms with Gasteiger partial charge in [0.15, 0.2) is 11.5 Å². The number of hydrogen-bond donors (Lipinski definition) is 1. The van der Waals surface area contributed by atoms with Gasteiger partial charge in [-0.3, -0.25) is 4.79 Å². The molecule has 1 N–H and O–H groups in total. The minimum Gasteiger partial charge on any atom is -0.488 e. The lowest BCUT2D eigenvalue weighted by molar-refractivity contribution is -0.117. The van der Waals surface area contributed by atoms with Gasteiger partial charge in [0.25, 0.3) is 0 Å². The van der Waals surface area contributed by atoms with Crippen molar-refractivity contribution in [2.24, 2.45) is 5.41 Å². The zero-order chi connectivity index (χ0) is 10.8. The fourth-order valence-corrected chi connectivity index (χ4v) is 1.19. The summed E-state index contributed by atoms with van der Waals surface area (Å²) in [4.78, 5) is 11.3. The minimum absolute atomic E-state index is 0.0129. The molecule has 1 rings (SSSR count). The highest BCUT2D eigenvalue weighted by molar-refractivity contribution is 5.91. The lowest BCUT2D eigenvalue weighted by Gasteiger charge is -2.14. The van der Waals surface area contributed by atoms with Crippen LogP contribution in [0.5, 0.6) is 0 Å². The van der Waals surface area contributed by atoms with E-state index in [1.807, 2.05) is 6.92 Å². The SMILES string of the molecule is CN/C(C)=C(\OCC1(C)CC1)C(C)=O. The number of carbonyl (C=O) groups is 1. The Morgan fingerprint density at radius 3 is 2.36 bits per heavy atom. The van der Waals surface area contributed by atoms with Crippen molar-refractivity contribution in [3.05, 3.63) is 11.5 Å². The summed E-state index contributed by atoms with van der Waals surface area (Å²) in [7, 11) is 1.79. The van der Waals surface area contributed by atoms with Crippen LogP contribution in [0.1, 0.15) is 33.6 Å². The van der Waals surface area contributed by atoms with Crippen molar-refractivity contribution in [2.45, 2.75) is 33.6 Å². The second-order valence-corrected chi connectivity index (χ2v) is 4.36. The maximum Gasteiger partial charge on any atom is 0.196 e. The summed E-state index contributed by atoms with van der Waals surface area (Å²) in [5, 5.41) is 2.94. The van der Waals surface area contributed by atoms with Gasteiger partial charge in [-0.25, -0.2) is 0 Å². The normalized spacial score (nSPS) is 19.7. The first-order valence-electron chi connectivity index (χ1n) is 5.01. The Morgan fingerprint density at radius 1 is 1.43 bits per heavy atom. The van der Waals surface area contributed by atoms with Crippen LogP contribution < -0.4 is 5.32 Å². The third kappa shape index (κ3) is 2.76. The third-order valence-electron chi connectivity index (χ3n) is 2.70. The molecule has 3 heteroatoms. The van der Waals surface area contributed by atoms with Crippen LogP contribution in [0.15, 0.2) is 11.5 Å². The Kier molecular flexibility index (Phi) is 3.19. The van der Waals surface area contributed by atoms with Crippen LogP contribution in [0.2, 0.25) is 0 Å². The molecule has 0 saturated heterocycles. The van der Waals surface area contributed by atoms with E-state index in [0.29, 0.717) is 17.8 Å². The zero-order valence-corrected chi connectivity index (χ0v) is 9.44. The smallest absolute Gasteiger partial charge is 0.196 e. The Bertz CT molecular complexity index is 264. The van der Waals surface area contributed by atoms with Gasteiger partial charge in [0.05, 0.1) is 12.3 Å². The molecule has 0 bridgehead atoms. The van der Waals surface area contributed by atoms with Gasteiger partial charge in [-0.15, -0.1) is 0 Å². The molecule has 0 unspecified atom stereocenters. The molecule has 1 saturated carbocycles. The van der Waals surface area contributed by atoms with Gasteiger partial charge in [0.2, 0.25) is 0 Å². The predicted molar refractivity (Wildman–Crippen MR) is 55.7 cm³/mol. The summed E-state index contributed by atoms with van der Waals surface area (Å²) >= 11 is 0.